The summed E-state index contributed by atoms with van der Waals surface area (Å²) in [6.07, 6.45) is 0.306. The Balaban J connectivity index is 2.38. The average molecular weight is 203 g/mol. The third kappa shape index (κ3) is 1.54. The van der Waals surface area contributed by atoms with E-state index in [2.05, 4.69) is 0 Å². The predicted molar refractivity (Wildman–Crippen MR) is 56.3 cm³/mol. The van der Waals surface area contributed by atoms with Crippen LogP contribution in [0.5, 0.6) is 0 Å². The lowest BCUT2D eigenvalue weighted by molar-refractivity contribution is -0.137. The number of hydrogen-bond acceptors (Lipinski definition) is 2. The molecule has 0 saturated carbocycles. The molecule has 1 saturated heterocycles. The van der Waals surface area contributed by atoms with E-state index < -0.39 is 0 Å². The Morgan fingerprint density at radius 2 is 1.93 bits per heavy atom. The summed E-state index contributed by atoms with van der Waals surface area (Å²) in [6, 6.07) is 7.72. The molecular weight excluding hydrogens is 190 g/mol. The quantitative estimate of drug-likeness (QED) is 0.648. The second-order valence-electron chi connectivity index (χ2n) is 3.90. The van der Waals surface area contributed by atoms with Gasteiger partial charge >= 0.3 is 0 Å². The van der Waals surface area contributed by atoms with Crippen LogP contribution in [0.3, 0.4) is 0 Å². The zero-order chi connectivity index (χ0) is 11.0. The molecule has 15 heavy (non-hydrogen) atoms. The Morgan fingerprint density at radius 1 is 1.27 bits per heavy atom. The maximum absolute atomic E-state index is 11.8. The van der Waals surface area contributed by atoms with Gasteiger partial charge in [0.25, 0.3) is 0 Å². The van der Waals surface area contributed by atoms with E-state index in [-0.39, 0.29) is 17.7 Å². The topological polar surface area (TPSA) is 37.4 Å². The van der Waals surface area contributed by atoms with E-state index in [9.17, 15) is 9.59 Å². The molecule has 0 spiro atoms. The van der Waals surface area contributed by atoms with Crippen molar-refractivity contribution in [2.75, 3.05) is 7.05 Å². The number of hydrogen-bond donors (Lipinski definition) is 0. The zero-order valence-corrected chi connectivity index (χ0v) is 8.86. The summed E-state index contributed by atoms with van der Waals surface area (Å²) >= 11 is 0. The molecule has 3 heteroatoms. The SMILES string of the molecule is Cc1ccccc1C1CC(=O)N(C)C1=O. The summed E-state index contributed by atoms with van der Waals surface area (Å²) in [6.45, 7) is 1.96. The van der Waals surface area contributed by atoms with Gasteiger partial charge in [0.2, 0.25) is 11.8 Å². The lowest BCUT2D eigenvalue weighted by Gasteiger charge is -2.11. The monoisotopic (exact) mass is 203 g/mol. The van der Waals surface area contributed by atoms with Gasteiger partial charge in [0.1, 0.15) is 0 Å². The van der Waals surface area contributed by atoms with E-state index in [0.29, 0.717) is 6.42 Å². The van der Waals surface area contributed by atoms with Crippen LogP contribution in [0.15, 0.2) is 24.3 Å². The smallest absolute Gasteiger partial charge is 0.236 e. The number of carbonyl (C=O) groups excluding carboxylic acids is 2. The third-order valence-corrected chi connectivity index (χ3v) is 2.95. The van der Waals surface area contributed by atoms with Gasteiger partial charge in [0.15, 0.2) is 0 Å². The van der Waals surface area contributed by atoms with E-state index in [1.165, 1.54) is 4.90 Å². The fourth-order valence-corrected chi connectivity index (χ4v) is 1.98. The van der Waals surface area contributed by atoms with E-state index in [1.807, 2.05) is 31.2 Å². The Hall–Kier alpha value is -1.64. The Labute approximate surface area is 88.7 Å². The van der Waals surface area contributed by atoms with Gasteiger partial charge in [-0.2, -0.15) is 0 Å². The van der Waals surface area contributed by atoms with Crippen LogP contribution in [0.1, 0.15) is 23.5 Å². The second kappa shape index (κ2) is 3.50. The maximum atomic E-state index is 11.8. The van der Waals surface area contributed by atoms with E-state index in [0.717, 1.165) is 11.1 Å². The first-order valence-corrected chi connectivity index (χ1v) is 4.97. The fraction of sp³-hybridized carbons (Fsp3) is 0.333. The molecule has 0 N–H and O–H groups in total. The highest BCUT2D eigenvalue weighted by Crippen LogP contribution is 2.30. The minimum Gasteiger partial charge on any atom is -0.285 e. The molecular formula is C12H13NO2. The number of amides is 2. The summed E-state index contributed by atoms with van der Waals surface area (Å²) in [5, 5.41) is 0. The number of rotatable bonds is 1. The van der Waals surface area contributed by atoms with Crippen LogP contribution < -0.4 is 0 Å². The highest BCUT2D eigenvalue weighted by Gasteiger charge is 2.37. The van der Waals surface area contributed by atoms with Crippen molar-refractivity contribution in [3.63, 3.8) is 0 Å². The Kier molecular flexibility index (Phi) is 2.31. The molecule has 1 atom stereocenters. The van der Waals surface area contributed by atoms with Crippen LogP contribution in [-0.2, 0) is 9.59 Å². The molecule has 0 aromatic heterocycles. The molecule has 3 nitrogen and oxygen atoms in total. The molecule has 1 aromatic carbocycles. The van der Waals surface area contributed by atoms with Gasteiger partial charge in [-0.25, -0.2) is 0 Å². The lowest BCUT2D eigenvalue weighted by Crippen LogP contribution is -2.25. The van der Waals surface area contributed by atoms with Crippen LogP contribution in [0.25, 0.3) is 0 Å². The first-order chi connectivity index (χ1) is 7.11. The number of aryl methyl sites for hydroxylation is 1. The number of benzene rings is 1. The number of imide groups is 1. The molecule has 1 fully saturated rings. The van der Waals surface area contributed by atoms with Crippen molar-refractivity contribution in [2.24, 2.45) is 0 Å². The maximum Gasteiger partial charge on any atom is 0.236 e. The standard InChI is InChI=1S/C12H13NO2/c1-8-5-3-4-6-9(8)10-7-11(14)13(2)12(10)15/h3-6,10H,7H2,1-2H3. The largest absolute Gasteiger partial charge is 0.285 e. The number of likely N-dealkylation sites (tertiary alicyclic amines) is 1. The van der Waals surface area contributed by atoms with Crippen molar-refractivity contribution in [1.29, 1.82) is 0 Å². The molecule has 1 unspecified atom stereocenters. The van der Waals surface area contributed by atoms with Gasteiger partial charge in [-0.3, -0.25) is 14.5 Å². The van der Waals surface area contributed by atoms with Crippen LogP contribution in [0, 0.1) is 6.92 Å². The van der Waals surface area contributed by atoms with Gasteiger partial charge < -0.3 is 0 Å². The van der Waals surface area contributed by atoms with E-state index >= 15 is 0 Å². The Bertz CT molecular complexity index is 425. The molecule has 2 rings (SSSR count). The average Bonchev–Trinajstić information content (AvgIpc) is 2.47. The van der Waals surface area contributed by atoms with Crippen molar-refractivity contribution in [1.82, 2.24) is 4.90 Å². The molecule has 0 radical (unpaired) electrons. The molecule has 0 bridgehead atoms. The highest BCUT2D eigenvalue weighted by molar-refractivity contribution is 6.06. The summed E-state index contributed by atoms with van der Waals surface area (Å²) < 4.78 is 0. The van der Waals surface area contributed by atoms with Gasteiger partial charge in [0, 0.05) is 13.5 Å². The molecule has 1 aromatic rings. The van der Waals surface area contributed by atoms with Crippen LogP contribution in [0.2, 0.25) is 0 Å². The van der Waals surface area contributed by atoms with Crippen molar-refractivity contribution in [3.8, 4) is 0 Å². The first-order valence-electron chi connectivity index (χ1n) is 4.97. The summed E-state index contributed by atoms with van der Waals surface area (Å²) in [7, 11) is 1.54. The molecule has 1 heterocycles. The Morgan fingerprint density at radius 3 is 2.47 bits per heavy atom. The van der Waals surface area contributed by atoms with Gasteiger partial charge in [0.05, 0.1) is 5.92 Å². The van der Waals surface area contributed by atoms with Crippen molar-refractivity contribution < 1.29 is 9.59 Å². The highest BCUT2D eigenvalue weighted by atomic mass is 16.2. The number of nitrogens with zero attached hydrogens (tertiary/aromatic N) is 1. The molecule has 0 aliphatic carbocycles. The van der Waals surface area contributed by atoms with Crippen molar-refractivity contribution in [3.05, 3.63) is 35.4 Å². The van der Waals surface area contributed by atoms with Crippen LogP contribution in [0.4, 0.5) is 0 Å². The number of likely N-dealkylation sites (N-methyl/N-ethyl adjacent to an activating group) is 1. The minimum absolute atomic E-state index is 0.0886. The second-order valence-corrected chi connectivity index (χ2v) is 3.90. The van der Waals surface area contributed by atoms with Crippen molar-refractivity contribution >= 4 is 11.8 Å². The lowest BCUT2D eigenvalue weighted by atomic mass is 9.93. The molecule has 2 amide bonds. The molecule has 1 aliphatic heterocycles. The molecule has 1 aliphatic rings. The van der Waals surface area contributed by atoms with Gasteiger partial charge in [-0.15, -0.1) is 0 Å². The summed E-state index contributed by atoms with van der Waals surface area (Å²) in [5.74, 6) is -0.453. The van der Waals surface area contributed by atoms with Crippen LogP contribution in [-0.4, -0.2) is 23.8 Å². The number of carbonyl (C=O) groups is 2. The van der Waals surface area contributed by atoms with Gasteiger partial charge in [-0.1, -0.05) is 24.3 Å². The van der Waals surface area contributed by atoms with Crippen LogP contribution >= 0.6 is 0 Å². The minimum atomic E-state index is -0.274. The van der Waals surface area contributed by atoms with E-state index in [1.54, 1.807) is 7.05 Å². The fourth-order valence-electron chi connectivity index (χ4n) is 1.98. The third-order valence-electron chi connectivity index (χ3n) is 2.95. The normalized spacial score (nSPS) is 21.2. The van der Waals surface area contributed by atoms with Gasteiger partial charge in [-0.05, 0) is 18.1 Å². The zero-order valence-electron chi connectivity index (χ0n) is 8.86. The van der Waals surface area contributed by atoms with Crippen molar-refractivity contribution in [2.45, 2.75) is 19.3 Å². The predicted octanol–water partition coefficient (Wildman–Crippen LogP) is 1.47. The van der Waals surface area contributed by atoms with E-state index in [4.69, 9.17) is 0 Å². The first kappa shape index (κ1) is 9.90. The summed E-state index contributed by atoms with van der Waals surface area (Å²) in [4.78, 5) is 24.4. The summed E-state index contributed by atoms with van der Waals surface area (Å²) in [5.41, 5.74) is 2.04. The molecule has 78 valence electrons.